The van der Waals surface area contributed by atoms with Gasteiger partial charge in [-0.1, -0.05) is 5.16 Å². The van der Waals surface area contributed by atoms with E-state index in [4.69, 9.17) is 19.7 Å². The molecule has 0 aromatic carbocycles. The molecule has 0 saturated carbocycles. The third kappa shape index (κ3) is 4.41. The van der Waals surface area contributed by atoms with Crippen LogP contribution in [0.2, 0.25) is 0 Å². The molecule has 6 heteroatoms. The number of rotatable bonds is 8. The molecule has 0 radical (unpaired) electrons. The van der Waals surface area contributed by atoms with E-state index in [1.54, 1.807) is 7.11 Å². The normalized spacial score (nSPS) is 12.0. The fourth-order valence-corrected chi connectivity index (χ4v) is 1.13. The lowest BCUT2D eigenvalue weighted by molar-refractivity contribution is 0.0714. The number of ether oxygens (including phenoxy) is 2. The summed E-state index contributed by atoms with van der Waals surface area (Å²) in [7, 11) is 1.64. The van der Waals surface area contributed by atoms with E-state index in [2.05, 4.69) is 10.1 Å². The third-order valence-corrected chi connectivity index (χ3v) is 2.46. The zero-order valence-electron chi connectivity index (χ0n) is 10.7. The number of nitrogens with zero attached hydrogens (tertiary/aromatic N) is 2. The van der Waals surface area contributed by atoms with Gasteiger partial charge in [0.15, 0.2) is 5.82 Å². The van der Waals surface area contributed by atoms with E-state index >= 15 is 0 Å². The highest BCUT2D eigenvalue weighted by Gasteiger charge is 2.25. The molecule has 0 atom stereocenters. The van der Waals surface area contributed by atoms with Gasteiger partial charge < -0.3 is 19.7 Å². The second-order valence-corrected chi connectivity index (χ2v) is 4.46. The molecule has 2 N–H and O–H groups in total. The van der Waals surface area contributed by atoms with E-state index in [0.717, 1.165) is 0 Å². The van der Waals surface area contributed by atoms with Crippen molar-refractivity contribution in [1.82, 2.24) is 10.1 Å². The summed E-state index contributed by atoms with van der Waals surface area (Å²) in [4.78, 5) is 4.30. The Hall–Kier alpha value is -0.980. The highest BCUT2D eigenvalue weighted by Crippen LogP contribution is 2.19. The van der Waals surface area contributed by atoms with Gasteiger partial charge in [-0.3, -0.25) is 0 Å². The molecule has 0 fully saturated rings. The molecular weight excluding hydrogens is 222 g/mol. The molecule has 1 heterocycles. The fourth-order valence-electron chi connectivity index (χ4n) is 1.13. The van der Waals surface area contributed by atoms with Crippen LogP contribution in [0.5, 0.6) is 0 Å². The number of aromatic nitrogens is 2. The second-order valence-electron chi connectivity index (χ2n) is 4.46. The summed E-state index contributed by atoms with van der Waals surface area (Å²) < 4.78 is 15.4. The van der Waals surface area contributed by atoms with Crippen LogP contribution < -0.4 is 5.73 Å². The van der Waals surface area contributed by atoms with Crippen molar-refractivity contribution in [3.63, 3.8) is 0 Å². The molecule has 1 rings (SSSR count). The lowest BCUT2D eigenvalue weighted by Crippen LogP contribution is -2.28. The first-order valence-electron chi connectivity index (χ1n) is 5.70. The van der Waals surface area contributed by atoms with Crippen molar-refractivity contribution in [2.24, 2.45) is 5.73 Å². The van der Waals surface area contributed by atoms with Gasteiger partial charge >= 0.3 is 0 Å². The molecule has 0 aliphatic carbocycles. The third-order valence-electron chi connectivity index (χ3n) is 2.46. The van der Waals surface area contributed by atoms with E-state index in [-0.39, 0.29) is 5.41 Å². The van der Waals surface area contributed by atoms with Crippen molar-refractivity contribution in [2.45, 2.75) is 25.7 Å². The highest BCUT2D eigenvalue weighted by atomic mass is 16.5. The molecule has 1 aromatic rings. The van der Waals surface area contributed by atoms with Gasteiger partial charge in [0.1, 0.15) is 0 Å². The van der Waals surface area contributed by atoms with Crippen molar-refractivity contribution in [3.8, 4) is 0 Å². The summed E-state index contributed by atoms with van der Waals surface area (Å²) in [5.74, 6) is 1.23. The minimum Gasteiger partial charge on any atom is -0.382 e. The maximum Gasteiger partial charge on any atom is 0.233 e. The maximum absolute atomic E-state index is 5.64. The minimum absolute atomic E-state index is 0.276. The molecule has 0 bridgehead atoms. The Morgan fingerprint density at radius 1 is 1.29 bits per heavy atom. The summed E-state index contributed by atoms with van der Waals surface area (Å²) in [5, 5.41) is 3.90. The van der Waals surface area contributed by atoms with Crippen LogP contribution in [0.15, 0.2) is 4.52 Å². The van der Waals surface area contributed by atoms with Gasteiger partial charge in [0.25, 0.3) is 0 Å². The Morgan fingerprint density at radius 3 is 2.71 bits per heavy atom. The van der Waals surface area contributed by atoms with Gasteiger partial charge in [-0.05, 0) is 13.8 Å². The van der Waals surface area contributed by atoms with E-state index in [0.29, 0.717) is 44.5 Å². The largest absolute Gasteiger partial charge is 0.382 e. The average molecular weight is 243 g/mol. The summed E-state index contributed by atoms with van der Waals surface area (Å²) in [6.07, 6.45) is 0.633. The quantitative estimate of drug-likeness (QED) is 0.670. The van der Waals surface area contributed by atoms with Crippen LogP contribution >= 0.6 is 0 Å². The average Bonchev–Trinajstić information content (AvgIpc) is 2.78. The Morgan fingerprint density at radius 2 is 2.06 bits per heavy atom. The smallest absolute Gasteiger partial charge is 0.233 e. The van der Waals surface area contributed by atoms with E-state index in [1.165, 1.54) is 0 Å². The summed E-state index contributed by atoms with van der Waals surface area (Å²) in [6.45, 7) is 6.15. The first-order valence-corrected chi connectivity index (χ1v) is 5.70. The van der Waals surface area contributed by atoms with Crippen LogP contribution in [0.4, 0.5) is 0 Å². The predicted octanol–water partition coefficient (Wildman–Crippen LogP) is 0.511. The predicted molar refractivity (Wildman–Crippen MR) is 62.8 cm³/mol. The van der Waals surface area contributed by atoms with Gasteiger partial charge in [0.05, 0.1) is 25.2 Å². The monoisotopic (exact) mass is 243 g/mol. The molecule has 0 aliphatic heterocycles. The maximum atomic E-state index is 5.64. The molecule has 0 spiro atoms. The lowest BCUT2D eigenvalue weighted by atomic mass is 9.94. The van der Waals surface area contributed by atoms with Crippen LogP contribution in [0.3, 0.4) is 0 Å². The molecule has 0 aliphatic rings. The van der Waals surface area contributed by atoms with Gasteiger partial charge in [-0.2, -0.15) is 4.98 Å². The van der Waals surface area contributed by atoms with Crippen LogP contribution in [0.25, 0.3) is 0 Å². The standard InChI is InChI=1S/C11H21N3O3/c1-11(2,8-12)10-13-9(14-17-10)4-5-16-7-6-15-3/h4-8,12H2,1-3H3. The summed E-state index contributed by atoms with van der Waals surface area (Å²) >= 11 is 0. The SMILES string of the molecule is COCCOCCc1noc(C(C)(C)CN)n1. The number of hydrogen-bond donors (Lipinski definition) is 1. The van der Waals surface area contributed by atoms with Crippen LogP contribution in [0, 0.1) is 0 Å². The molecule has 98 valence electrons. The summed E-state index contributed by atoms with van der Waals surface area (Å²) in [6, 6.07) is 0. The van der Waals surface area contributed by atoms with E-state index in [9.17, 15) is 0 Å². The summed E-state index contributed by atoms with van der Waals surface area (Å²) in [5.41, 5.74) is 5.36. The Bertz CT molecular complexity index is 326. The molecule has 0 unspecified atom stereocenters. The fraction of sp³-hybridized carbons (Fsp3) is 0.818. The van der Waals surface area contributed by atoms with Crippen molar-refractivity contribution < 1.29 is 14.0 Å². The van der Waals surface area contributed by atoms with Gasteiger partial charge in [0, 0.05) is 20.1 Å². The minimum atomic E-state index is -0.276. The topological polar surface area (TPSA) is 83.4 Å². The Kier molecular flexibility index (Phi) is 5.54. The highest BCUT2D eigenvalue weighted by molar-refractivity contribution is 5.01. The number of nitrogens with two attached hydrogens (primary N) is 1. The van der Waals surface area contributed by atoms with E-state index in [1.807, 2.05) is 13.8 Å². The van der Waals surface area contributed by atoms with Crippen LogP contribution in [-0.4, -0.2) is 43.6 Å². The van der Waals surface area contributed by atoms with Crippen LogP contribution in [-0.2, 0) is 21.3 Å². The van der Waals surface area contributed by atoms with Crippen molar-refractivity contribution in [3.05, 3.63) is 11.7 Å². The number of hydrogen-bond acceptors (Lipinski definition) is 6. The Balaban J connectivity index is 2.36. The Labute approximate surface area is 101 Å². The molecule has 1 aromatic heterocycles. The molecule has 17 heavy (non-hydrogen) atoms. The zero-order chi connectivity index (χ0) is 12.7. The van der Waals surface area contributed by atoms with Crippen LogP contribution in [0.1, 0.15) is 25.6 Å². The first kappa shape index (κ1) is 14.1. The zero-order valence-corrected chi connectivity index (χ0v) is 10.7. The van der Waals surface area contributed by atoms with E-state index < -0.39 is 0 Å². The van der Waals surface area contributed by atoms with Gasteiger partial charge in [-0.25, -0.2) is 0 Å². The van der Waals surface area contributed by atoms with Gasteiger partial charge in [0.2, 0.25) is 5.89 Å². The molecular formula is C11H21N3O3. The lowest BCUT2D eigenvalue weighted by Gasteiger charge is -2.15. The number of methoxy groups -OCH3 is 1. The molecule has 0 saturated heterocycles. The van der Waals surface area contributed by atoms with Crippen molar-refractivity contribution >= 4 is 0 Å². The molecule has 6 nitrogen and oxygen atoms in total. The second kappa shape index (κ2) is 6.68. The molecule has 0 amide bonds. The van der Waals surface area contributed by atoms with Crippen molar-refractivity contribution in [1.29, 1.82) is 0 Å². The first-order chi connectivity index (χ1) is 8.10. The van der Waals surface area contributed by atoms with Gasteiger partial charge in [-0.15, -0.1) is 0 Å². The van der Waals surface area contributed by atoms with Crippen molar-refractivity contribution in [2.75, 3.05) is 33.5 Å².